The molecule has 170 valence electrons. The van der Waals surface area contributed by atoms with E-state index in [1.807, 2.05) is 31.2 Å². The van der Waals surface area contributed by atoms with Crippen LogP contribution in [0.25, 0.3) is 11.0 Å². The van der Waals surface area contributed by atoms with Crippen LogP contribution >= 0.6 is 0 Å². The minimum Gasteiger partial charge on any atom is -0.385 e. The molecule has 2 aromatic carbocycles. The quantitative estimate of drug-likeness (QED) is 0.581. The number of aryl methyl sites for hydroxylation is 1. The average molecular weight is 458 g/mol. The first kappa shape index (κ1) is 22.2. The second kappa shape index (κ2) is 9.25. The van der Waals surface area contributed by atoms with Gasteiger partial charge < -0.3 is 10.2 Å². The SMILES string of the molecule is Cc1ccc(CNC(=O)COn2nnc3ccc(S(=O)(=O)N4CCCC(C)C4)cc32)cc1. The van der Waals surface area contributed by atoms with Crippen LogP contribution in [0.4, 0.5) is 0 Å². The second-order valence-electron chi connectivity index (χ2n) is 8.26. The third kappa shape index (κ3) is 4.91. The van der Waals surface area contributed by atoms with Crippen LogP contribution < -0.4 is 10.2 Å². The molecule has 1 saturated heterocycles. The molecular weight excluding hydrogens is 430 g/mol. The van der Waals surface area contributed by atoms with Crippen LogP contribution in [0.1, 0.15) is 30.9 Å². The molecule has 1 amide bonds. The van der Waals surface area contributed by atoms with Crippen molar-refractivity contribution in [3.63, 3.8) is 0 Å². The number of amides is 1. The molecule has 0 saturated carbocycles. The van der Waals surface area contributed by atoms with E-state index in [-0.39, 0.29) is 17.4 Å². The number of nitrogens with zero attached hydrogens (tertiary/aromatic N) is 4. The minimum atomic E-state index is -3.63. The van der Waals surface area contributed by atoms with Crippen LogP contribution in [0.3, 0.4) is 0 Å². The molecule has 1 aromatic heterocycles. The highest BCUT2D eigenvalue weighted by Crippen LogP contribution is 2.25. The Kier molecular flexibility index (Phi) is 6.43. The summed E-state index contributed by atoms with van der Waals surface area (Å²) in [6.07, 6.45) is 1.88. The van der Waals surface area contributed by atoms with Gasteiger partial charge in [-0.05, 0) is 54.7 Å². The zero-order valence-electron chi connectivity index (χ0n) is 18.2. The van der Waals surface area contributed by atoms with Crippen molar-refractivity contribution in [2.45, 2.75) is 38.1 Å². The smallest absolute Gasteiger partial charge is 0.261 e. The molecule has 1 fully saturated rings. The lowest BCUT2D eigenvalue weighted by Crippen LogP contribution is -2.39. The van der Waals surface area contributed by atoms with Gasteiger partial charge in [0.25, 0.3) is 5.91 Å². The first-order valence-electron chi connectivity index (χ1n) is 10.6. The van der Waals surface area contributed by atoms with Crippen LogP contribution in [0.5, 0.6) is 0 Å². The van der Waals surface area contributed by atoms with E-state index < -0.39 is 10.0 Å². The third-order valence-corrected chi connectivity index (χ3v) is 7.43. The van der Waals surface area contributed by atoms with Crippen molar-refractivity contribution in [2.24, 2.45) is 5.92 Å². The number of benzene rings is 2. The molecule has 1 aliphatic rings. The Balaban J connectivity index is 1.43. The lowest BCUT2D eigenvalue weighted by atomic mass is 10.0. The Morgan fingerprint density at radius 1 is 1.22 bits per heavy atom. The Morgan fingerprint density at radius 2 is 2.00 bits per heavy atom. The van der Waals surface area contributed by atoms with Crippen molar-refractivity contribution in [1.82, 2.24) is 24.8 Å². The number of fused-ring (bicyclic) bond motifs is 1. The Hall–Kier alpha value is -2.98. The molecule has 3 aromatic rings. The molecule has 2 heterocycles. The molecule has 0 bridgehead atoms. The van der Waals surface area contributed by atoms with Gasteiger partial charge in [-0.25, -0.2) is 8.42 Å². The second-order valence-corrected chi connectivity index (χ2v) is 10.2. The Labute approximate surface area is 187 Å². The highest BCUT2D eigenvalue weighted by atomic mass is 32.2. The monoisotopic (exact) mass is 457 g/mol. The van der Waals surface area contributed by atoms with Crippen molar-refractivity contribution >= 4 is 27.0 Å². The summed E-state index contributed by atoms with van der Waals surface area (Å²) in [6, 6.07) is 12.5. The van der Waals surface area contributed by atoms with Crippen LogP contribution in [-0.2, 0) is 21.4 Å². The number of aromatic nitrogens is 3. The van der Waals surface area contributed by atoms with Gasteiger partial charge in [-0.15, -0.1) is 5.10 Å². The zero-order chi connectivity index (χ0) is 22.7. The van der Waals surface area contributed by atoms with E-state index in [0.29, 0.717) is 36.6 Å². The summed E-state index contributed by atoms with van der Waals surface area (Å²) in [5.74, 6) is 0.0107. The maximum atomic E-state index is 13.1. The Bertz CT molecular complexity index is 1210. The van der Waals surface area contributed by atoms with Gasteiger partial charge in [0.15, 0.2) is 6.61 Å². The molecule has 1 unspecified atom stereocenters. The molecule has 10 heteroatoms. The van der Waals surface area contributed by atoms with E-state index >= 15 is 0 Å². The van der Waals surface area contributed by atoms with Gasteiger partial charge in [0.2, 0.25) is 10.0 Å². The van der Waals surface area contributed by atoms with Crippen molar-refractivity contribution in [3.8, 4) is 0 Å². The van der Waals surface area contributed by atoms with E-state index in [0.717, 1.165) is 28.8 Å². The molecule has 4 rings (SSSR count). The van der Waals surface area contributed by atoms with E-state index in [2.05, 4.69) is 22.6 Å². The number of hydrogen-bond acceptors (Lipinski definition) is 6. The first-order valence-corrected chi connectivity index (χ1v) is 12.1. The summed E-state index contributed by atoms with van der Waals surface area (Å²) in [5.41, 5.74) is 3.01. The van der Waals surface area contributed by atoms with Crippen LogP contribution in [0, 0.1) is 12.8 Å². The minimum absolute atomic E-state index is 0.162. The van der Waals surface area contributed by atoms with Crippen LogP contribution in [0.2, 0.25) is 0 Å². The lowest BCUT2D eigenvalue weighted by molar-refractivity contribution is -0.126. The normalized spacial score (nSPS) is 17.4. The summed E-state index contributed by atoms with van der Waals surface area (Å²) >= 11 is 0. The van der Waals surface area contributed by atoms with Crippen LogP contribution in [0.15, 0.2) is 47.4 Å². The zero-order valence-corrected chi connectivity index (χ0v) is 19.0. The van der Waals surface area contributed by atoms with Crippen molar-refractivity contribution < 1.29 is 18.0 Å². The maximum Gasteiger partial charge on any atom is 0.261 e. The largest absolute Gasteiger partial charge is 0.385 e. The molecule has 1 aliphatic heterocycles. The predicted molar refractivity (Wildman–Crippen MR) is 119 cm³/mol. The number of hydrogen-bond donors (Lipinski definition) is 1. The fourth-order valence-electron chi connectivity index (χ4n) is 3.72. The van der Waals surface area contributed by atoms with E-state index in [1.54, 1.807) is 6.07 Å². The van der Waals surface area contributed by atoms with Gasteiger partial charge in [-0.1, -0.05) is 41.6 Å². The van der Waals surface area contributed by atoms with Gasteiger partial charge in [-0.3, -0.25) is 4.79 Å². The van der Waals surface area contributed by atoms with Gasteiger partial charge >= 0.3 is 0 Å². The first-order chi connectivity index (χ1) is 15.3. The molecule has 9 nitrogen and oxygen atoms in total. The van der Waals surface area contributed by atoms with E-state index in [1.165, 1.54) is 16.4 Å². The summed E-state index contributed by atoms with van der Waals surface area (Å²) < 4.78 is 27.7. The number of piperidine rings is 1. The fraction of sp³-hybridized carbons (Fsp3) is 0.409. The summed E-state index contributed by atoms with van der Waals surface area (Å²) in [6.45, 7) is 5.20. The number of sulfonamides is 1. The highest BCUT2D eigenvalue weighted by molar-refractivity contribution is 7.89. The molecule has 0 aliphatic carbocycles. The van der Waals surface area contributed by atoms with Crippen molar-refractivity contribution in [1.29, 1.82) is 0 Å². The van der Waals surface area contributed by atoms with Gasteiger partial charge in [0, 0.05) is 19.6 Å². The molecule has 32 heavy (non-hydrogen) atoms. The van der Waals surface area contributed by atoms with E-state index in [4.69, 9.17) is 4.84 Å². The summed E-state index contributed by atoms with van der Waals surface area (Å²) in [4.78, 5) is 18.9. The highest BCUT2D eigenvalue weighted by Gasteiger charge is 2.29. The molecule has 0 spiro atoms. The molecular formula is C22H27N5O4S. The third-order valence-electron chi connectivity index (χ3n) is 5.57. The van der Waals surface area contributed by atoms with Gasteiger partial charge in [0.1, 0.15) is 11.0 Å². The summed E-state index contributed by atoms with van der Waals surface area (Å²) in [7, 11) is -3.63. The molecule has 0 radical (unpaired) electrons. The number of nitrogens with one attached hydrogen (secondary N) is 1. The van der Waals surface area contributed by atoms with Crippen molar-refractivity contribution in [3.05, 3.63) is 53.6 Å². The van der Waals surface area contributed by atoms with Gasteiger partial charge in [-0.2, -0.15) is 4.31 Å². The van der Waals surface area contributed by atoms with Crippen molar-refractivity contribution in [2.75, 3.05) is 19.7 Å². The number of carbonyl (C=O) groups excluding carboxylic acids is 1. The number of carbonyl (C=O) groups is 1. The average Bonchev–Trinajstić information content (AvgIpc) is 3.19. The molecule has 1 N–H and O–H groups in total. The number of rotatable bonds is 7. The Morgan fingerprint density at radius 3 is 2.75 bits per heavy atom. The predicted octanol–water partition coefficient (Wildman–Crippen LogP) is 1.91. The topological polar surface area (TPSA) is 106 Å². The summed E-state index contributed by atoms with van der Waals surface area (Å²) in [5, 5.41) is 10.7. The van der Waals surface area contributed by atoms with Gasteiger partial charge in [0.05, 0.1) is 4.90 Å². The maximum absolute atomic E-state index is 13.1. The standard InChI is InChI=1S/C22H27N5O4S/c1-16-5-7-18(8-6-16)13-23-22(28)15-31-27-21-12-19(9-10-20(21)24-25-27)32(29,30)26-11-3-4-17(2)14-26/h5-10,12,17H,3-4,11,13-15H2,1-2H3,(H,23,28). The van der Waals surface area contributed by atoms with E-state index in [9.17, 15) is 13.2 Å². The fourth-order valence-corrected chi connectivity index (χ4v) is 5.34. The lowest BCUT2D eigenvalue weighted by Gasteiger charge is -2.30. The van der Waals surface area contributed by atoms with Crippen LogP contribution in [-0.4, -0.2) is 53.5 Å². The molecule has 1 atom stereocenters.